The second-order valence-electron chi connectivity index (χ2n) is 6.05. The van der Waals surface area contributed by atoms with Crippen molar-refractivity contribution in [1.82, 2.24) is 4.98 Å². The lowest BCUT2D eigenvalue weighted by Crippen LogP contribution is -2.07. The molecule has 0 aliphatic carbocycles. The van der Waals surface area contributed by atoms with Crippen LogP contribution in [0.1, 0.15) is 5.56 Å². The second kappa shape index (κ2) is 10.4. The summed E-state index contributed by atoms with van der Waals surface area (Å²) >= 11 is 1.33. The molecule has 1 N–H and O–H groups in total. The first-order valence-electron chi connectivity index (χ1n) is 9.01. The molecule has 1 amide bonds. The molecular formula is C22H22N2O5S. The molecule has 0 aliphatic rings. The van der Waals surface area contributed by atoms with Crippen LogP contribution in [0, 0.1) is 0 Å². The number of benzene rings is 2. The highest BCUT2D eigenvalue weighted by Gasteiger charge is 2.12. The number of hydrogen-bond acceptors (Lipinski definition) is 7. The van der Waals surface area contributed by atoms with Gasteiger partial charge in [0, 0.05) is 24.1 Å². The number of methoxy groups -OCH3 is 3. The third-order valence-electron chi connectivity index (χ3n) is 4.07. The molecule has 30 heavy (non-hydrogen) atoms. The Labute approximate surface area is 178 Å². The van der Waals surface area contributed by atoms with Crippen molar-refractivity contribution < 1.29 is 23.7 Å². The summed E-state index contributed by atoms with van der Waals surface area (Å²) in [7, 11) is 4.76. The number of amides is 1. The summed E-state index contributed by atoms with van der Waals surface area (Å²) in [5.74, 6) is 1.80. The number of carbonyl (C=O) groups excluding carboxylic acids is 1. The van der Waals surface area contributed by atoms with E-state index in [0.29, 0.717) is 28.1 Å². The van der Waals surface area contributed by atoms with E-state index in [9.17, 15) is 4.79 Å². The minimum atomic E-state index is -0.270. The monoisotopic (exact) mass is 426 g/mol. The van der Waals surface area contributed by atoms with Gasteiger partial charge in [0.25, 0.3) is 0 Å². The number of rotatable bonds is 9. The molecule has 2 aromatic carbocycles. The van der Waals surface area contributed by atoms with Crippen LogP contribution in [0.2, 0.25) is 0 Å². The quantitative estimate of drug-likeness (QED) is 0.402. The average Bonchev–Trinajstić information content (AvgIpc) is 3.24. The number of thiazole rings is 1. The molecule has 0 aliphatic heterocycles. The van der Waals surface area contributed by atoms with Gasteiger partial charge in [-0.25, -0.2) is 4.98 Å². The van der Waals surface area contributed by atoms with Gasteiger partial charge in [0.05, 0.1) is 19.9 Å². The fourth-order valence-electron chi connectivity index (χ4n) is 2.59. The molecule has 0 unspecified atom stereocenters. The van der Waals surface area contributed by atoms with Crippen LogP contribution in [0.5, 0.6) is 17.2 Å². The lowest BCUT2D eigenvalue weighted by molar-refractivity contribution is -0.111. The van der Waals surface area contributed by atoms with E-state index in [1.165, 1.54) is 17.4 Å². The Morgan fingerprint density at radius 2 is 1.83 bits per heavy atom. The van der Waals surface area contributed by atoms with Crippen LogP contribution in [0.3, 0.4) is 0 Å². The highest BCUT2D eigenvalue weighted by molar-refractivity contribution is 7.14. The van der Waals surface area contributed by atoms with Gasteiger partial charge in [-0.1, -0.05) is 12.1 Å². The first-order valence-corrected chi connectivity index (χ1v) is 9.89. The van der Waals surface area contributed by atoms with Crippen LogP contribution in [-0.2, 0) is 9.53 Å². The predicted molar refractivity (Wildman–Crippen MR) is 117 cm³/mol. The molecule has 0 saturated carbocycles. The van der Waals surface area contributed by atoms with Gasteiger partial charge in [-0.3, -0.25) is 10.1 Å². The van der Waals surface area contributed by atoms with Gasteiger partial charge < -0.3 is 18.9 Å². The third kappa shape index (κ3) is 5.59. The van der Waals surface area contributed by atoms with E-state index in [0.717, 1.165) is 11.1 Å². The molecule has 3 aromatic rings. The molecule has 1 aromatic heterocycles. The molecule has 0 fully saturated rings. The molecule has 3 rings (SSSR count). The maximum absolute atomic E-state index is 12.2. The van der Waals surface area contributed by atoms with Gasteiger partial charge in [-0.05, 0) is 42.0 Å². The fourth-order valence-corrected chi connectivity index (χ4v) is 3.30. The second-order valence-corrected chi connectivity index (χ2v) is 6.90. The Hall–Kier alpha value is -3.36. The van der Waals surface area contributed by atoms with Crippen molar-refractivity contribution >= 4 is 28.5 Å². The number of aromatic nitrogens is 1. The lowest BCUT2D eigenvalue weighted by Gasteiger charge is -2.08. The van der Waals surface area contributed by atoms with Gasteiger partial charge in [0.2, 0.25) is 5.91 Å². The Bertz CT molecular complexity index is 1010. The number of carbonyl (C=O) groups is 1. The smallest absolute Gasteiger partial charge is 0.250 e. The standard InChI is InChI=1S/C22H22N2O5S/c1-26-14-29-16-7-4-15(5-8-16)6-11-21(25)24-22-23-19(13-30-22)18-12-17(27-2)9-10-20(18)28-3/h4-13H,14H2,1-3H3,(H,23,24,25)/b11-6+. The van der Waals surface area contributed by atoms with Crippen molar-refractivity contribution in [1.29, 1.82) is 0 Å². The topological polar surface area (TPSA) is 78.9 Å². The fraction of sp³-hybridized carbons (Fsp3) is 0.182. The summed E-state index contributed by atoms with van der Waals surface area (Å²) in [4.78, 5) is 16.7. The molecule has 0 radical (unpaired) electrons. The van der Waals surface area contributed by atoms with Crippen molar-refractivity contribution in [3.05, 3.63) is 59.5 Å². The number of hydrogen-bond donors (Lipinski definition) is 1. The Morgan fingerprint density at radius 3 is 2.53 bits per heavy atom. The largest absolute Gasteiger partial charge is 0.497 e. The normalized spacial score (nSPS) is 10.8. The molecular weight excluding hydrogens is 404 g/mol. The van der Waals surface area contributed by atoms with Crippen LogP contribution in [0.4, 0.5) is 5.13 Å². The molecule has 1 heterocycles. The lowest BCUT2D eigenvalue weighted by atomic mass is 10.1. The zero-order chi connectivity index (χ0) is 21.3. The van der Waals surface area contributed by atoms with Crippen LogP contribution < -0.4 is 19.5 Å². The van der Waals surface area contributed by atoms with E-state index in [2.05, 4.69) is 10.3 Å². The van der Waals surface area contributed by atoms with E-state index in [1.807, 2.05) is 47.8 Å². The van der Waals surface area contributed by atoms with Crippen molar-refractivity contribution in [2.24, 2.45) is 0 Å². The molecule has 0 spiro atoms. The van der Waals surface area contributed by atoms with Gasteiger partial charge in [0.1, 0.15) is 17.2 Å². The van der Waals surface area contributed by atoms with E-state index < -0.39 is 0 Å². The number of ether oxygens (including phenoxy) is 4. The number of nitrogens with one attached hydrogen (secondary N) is 1. The minimum absolute atomic E-state index is 0.190. The average molecular weight is 426 g/mol. The maximum atomic E-state index is 12.2. The molecule has 7 nitrogen and oxygen atoms in total. The summed E-state index contributed by atoms with van der Waals surface area (Å²) in [5.41, 5.74) is 2.36. The maximum Gasteiger partial charge on any atom is 0.250 e. The van der Waals surface area contributed by atoms with Crippen molar-refractivity contribution in [2.75, 3.05) is 33.4 Å². The van der Waals surface area contributed by atoms with Gasteiger partial charge >= 0.3 is 0 Å². The Morgan fingerprint density at radius 1 is 1.07 bits per heavy atom. The van der Waals surface area contributed by atoms with E-state index in [4.69, 9.17) is 18.9 Å². The van der Waals surface area contributed by atoms with Crippen LogP contribution in [0.15, 0.2) is 53.9 Å². The predicted octanol–water partition coefficient (Wildman–Crippen LogP) is 4.46. The summed E-state index contributed by atoms with van der Waals surface area (Å²) in [5, 5.41) is 5.13. The zero-order valence-electron chi connectivity index (χ0n) is 16.9. The Balaban J connectivity index is 1.64. The van der Waals surface area contributed by atoms with Crippen LogP contribution >= 0.6 is 11.3 Å². The van der Waals surface area contributed by atoms with Crippen molar-refractivity contribution in [3.63, 3.8) is 0 Å². The van der Waals surface area contributed by atoms with Crippen molar-refractivity contribution in [3.8, 4) is 28.5 Å². The highest BCUT2D eigenvalue weighted by atomic mass is 32.1. The summed E-state index contributed by atoms with van der Waals surface area (Å²) in [6.07, 6.45) is 3.17. The van der Waals surface area contributed by atoms with E-state index in [-0.39, 0.29) is 12.7 Å². The van der Waals surface area contributed by atoms with E-state index >= 15 is 0 Å². The molecule has 8 heteroatoms. The van der Waals surface area contributed by atoms with Crippen LogP contribution in [-0.4, -0.2) is 39.0 Å². The first-order chi connectivity index (χ1) is 14.6. The SMILES string of the molecule is COCOc1ccc(/C=C/C(=O)Nc2nc(-c3cc(OC)ccc3OC)cs2)cc1. The summed E-state index contributed by atoms with van der Waals surface area (Å²) in [6, 6.07) is 12.8. The Kier molecular flexibility index (Phi) is 7.42. The third-order valence-corrected chi connectivity index (χ3v) is 4.83. The first kappa shape index (κ1) is 21.4. The molecule has 0 saturated heterocycles. The van der Waals surface area contributed by atoms with Crippen molar-refractivity contribution in [2.45, 2.75) is 0 Å². The van der Waals surface area contributed by atoms with Gasteiger partial charge in [-0.2, -0.15) is 0 Å². The van der Waals surface area contributed by atoms with E-state index in [1.54, 1.807) is 27.4 Å². The van der Waals surface area contributed by atoms with Gasteiger partial charge in [0.15, 0.2) is 11.9 Å². The number of anilines is 1. The molecule has 0 bridgehead atoms. The summed E-state index contributed by atoms with van der Waals surface area (Å²) in [6.45, 7) is 0.190. The summed E-state index contributed by atoms with van der Waals surface area (Å²) < 4.78 is 20.9. The van der Waals surface area contributed by atoms with Gasteiger partial charge in [-0.15, -0.1) is 11.3 Å². The molecule has 0 atom stereocenters. The van der Waals surface area contributed by atoms with Crippen LogP contribution in [0.25, 0.3) is 17.3 Å². The molecule has 156 valence electrons. The highest BCUT2D eigenvalue weighted by Crippen LogP contribution is 2.35. The minimum Gasteiger partial charge on any atom is -0.497 e. The number of nitrogens with zero attached hydrogens (tertiary/aromatic N) is 1. The zero-order valence-corrected chi connectivity index (χ0v) is 17.7.